The van der Waals surface area contributed by atoms with Crippen LogP contribution in [0.2, 0.25) is 5.02 Å². The van der Waals surface area contributed by atoms with E-state index in [-0.39, 0.29) is 41.9 Å². The molecular weight excluding hydrogens is 820 g/mol. The summed E-state index contributed by atoms with van der Waals surface area (Å²) >= 11 is 11.3. The maximum absolute atomic E-state index is 15.2. The Hall–Kier alpha value is -4.98. The van der Waals surface area contributed by atoms with Crippen LogP contribution >= 0.6 is 38.9 Å². The highest BCUT2D eigenvalue weighted by Crippen LogP contribution is 2.64. The number of hydrogen-bond acceptors (Lipinski definition) is 9. The molecule has 2 aromatic heterocycles. The van der Waals surface area contributed by atoms with Crippen molar-refractivity contribution in [3.05, 3.63) is 92.9 Å². The average molecular weight is 856 g/mol. The second-order valence-electron chi connectivity index (χ2n) is 15.1. The Kier molecular flexibility index (Phi) is 8.53. The Morgan fingerprint density at radius 3 is 2.30 bits per heavy atom. The van der Waals surface area contributed by atoms with Gasteiger partial charge in [0.1, 0.15) is 11.5 Å². The SMILES string of the molecule is COc1cc([C@H]2C3=CC[C@@H]4C(=O)N(c5ccc(Br)cc5)C(=O)[C@@H]4[C@@H]3C[C@H]3C(=O)N(c4cc(-c5sc6ccc(Cl)cc6c5C)nn4C)C(=O)[C@@]23C)cc(OC)c1O. The number of fused-ring (bicyclic) bond motifs is 5. The summed E-state index contributed by atoms with van der Waals surface area (Å²) in [5.74, 6) is -4.57. The van der Waals surface area contributed by atoms with E-state index in [9.17, 15) is 19.5 Å². The normalized spacial score (nSPS) is 25.8. The lowest BCUT2D eigenvalue weighted by molar-refractivity contribution is -0.131. The quantitative estimate of drug-likeness (QED) is 0.134. The first kappa shape index (κ1) is 36.6. The first-order valence-corrected chi connectivity index (χ1v) is 20.2. The van der Waals surface area contributed by atoms with E-state index in [4.69, 9.17) is 26.2 Å². The first-order chi connectivity index (χ1) is 26.8. The minimum absolute atomic E-state index is 0.134. The van der Waals surface area contributed by atoms with Crippen molar-refractivity contribution in [1.82, 2.24) is 9.78 Å². The molecule has 4 amide bonds. The number of halogens is 2. The molecule has 3 fully saturated rings. The maximum Gasteiger partial charge on any atom is 0.242 e. The van der Waals surface area contributed by atoms with E-state index in [1.165, 1.54) is 24.0 Å². The number of carbonyl (C=O) groups is 4. The van der Waals surface area contributed by atoms with Crippen LogP contribution in [0.15, 0.2) is 76.8 Å². The van der Waals surface area contributed by atoms with Crippen molar-refractivity contribution < 1.29 is 33.8 Å². The van der Waals surface area contributed by atoms with Gasteiger partial charge in [-0.3, -0.25) is 28.8 Å². The molecule has 3 aromatic carbocycles. The summed E-state index contributed by atoms with van der Waals surface area (Å²) in [7, 11) is 4.56. The Morgan fingerprint density at radius 2 is 1.62 bits per heavy atom. The van der Waals surface area contributed by atoms with Crippen LogP contribution in [0.4, 0.5) is 11.5 Å². The van der Waals surface area contributed by atoms with Gasteiger partial charge in [-0.2, -0.15) is 5.10 Å². The molecule has 2 aliphatic heterocycles. The number of aryl methyl sites for hydroxylation is 2. The number of anilines is 2. The molecule has 4 heterocycles. The van der Waals surface area contributed by atoms with Crippen LogP contribution in [0, 0.1) is 36.0 Å². The van der Waals surface area contributed by atoms with Crippen molar-refractivity contribution in [2.24, 2.45) is 36.1 Å². The topological polar surface area (TPSA) is 131 Å². The van der Waals surface area contributed by atoms with Gasteiger partial charge in [-0.25, -0.2) is 4.90 Å². The fourth-order valence-electron chi connectivity index (χ4n) is 9.75. The highest BCUT2D eigenvalue weighted by molar-refractivity contribution is 9.10. The van der Waals surface area contributed by atoms with E-state index in [0.29, 0.717) is 27.8 Å². The van der Waals surface area contributed by atoms with E-state index < -0.39 is 46.8 Å². The largest absolute Gasteiger partial charge is 0.502 e. The van der Waals surface area contributed by atoms with Gasteiger partial charge in [-0.1, -0.05) is 39.2 Å². The minimum Gasteiger partial charge on any atom is -0.502 e. The third kappa shape index (κ3) is 5.09. The van der Waals surface area contributed by atoms with Gasteiger partial charge in [-0.05, 0) is 104 Å². The van der Waals surface area contributed by atoms with Crippen LogP contribution in [-0.4, -0.2) is 52.7 Å². The van der Waals surface area contributed by atoms with Crippen molar-refractivity contribution in [1.29, 1.82) is 0 Å². The Balaban J connectivity index is 1.18. The van der Waals surface area contributed by atoms with Crippen molar-refractivity contribution in [2.75, 3.05) is 24.0 Å². The molecule has 0 bridgehead atoms. The summed E-state index contributed by atoms with van der Waals surface area (Å²) < 4.78 is 14.5. The van der Waals surface area contributed by atoms with Crippen molar-refractivity contribution in [3.8, 4) is 27.8 Å². The number of imide groups is 2. The number of thiophene rings is 1. The molecule has 1 N–H and O–H groups in total. The van der Waals surface area contributed by atoms with E-state index in [2.05, 4.69) is 15.9 Å². The Labute approximate surface area is 339 Å². The van der Waals surface area contributed by atoms with E-state index in [1.807, 2.05) is 38.1 Å². The minimum atomic E-state index is -1.34. The van der Waals surface area contributed by atoms with Crippen LogP contribution in [0.5, 0.6) is 17.2 Å². The second-order valence-corrected chi connectivity index (χ2v) is 17.5. The predicted molar refractivity (Wildman–Crippen MR) is 216 cm³/mol. The molecule has 2 aliphatic carbocycles. The monoisotopic (exact) mass is 854 g/mol. The van der Waals surface area contributed by atoms with Gasteiger partial charge in [0.2, 0.25) is 29.4 Å². The number of ether oxygens (including phenoxy) is 2. The Morgan fingerprint density at radius 1 is 0.929 bits per heavy atom. The number of amides is 4. The second kappa shape index (κ2) is 13.0. The molecule has 56 heavy (non-hydrogen) atoms. The molecule has 11 nitrogen and oxygen atoms in total. The number of phenols is 1. The zero-order valence-corrected chi connectivity index (χ0v) is 34.2. The van der Waals surface area contributed by atoms with Gasteiger partial charge >= 0.3 is 0 Å². The lowest BCUT2D eigenvalue weighted by atomic mass is 9.51. The smallest absolute Gasteiger partial charge is 0.242 e. The number of carbonyl (C=O) groups excluding carboxylic acids is 4. The molecule has 4 aliphatic rings. The van der Waals surface area contributed by atoms with Crippen LogP contribution in [0.25, 0.3) is 20.7 Å². The number of aromatic nitrogens is 2. The third-order valence-electron chi connectivity index (χ3n) is 12.4. The molecule has 286 valence electrons. The van der Waals surface area contributed by atoms with Gasteiger partial charge in [0.25, 0.3) is 0 Å². The highest BCUT2D eigenvalue weighted by atomic mass is 79.9. The zero-order chi connectivity index (χ0) is 39.5. The molecule has 5 aromatic rings. The summed E-state index contributed by atoms with van der Waals surface area (Å²) in [6.45, 7) is 3.81. The number of phenolic OH excluding ortho intramolecular Hbond substituents is 1. The van der Waals surface area contributed by atoms with Crippen molar-refractivity contribution >= 4 is 84.1 Å². The van der Waals surface area contributed by atoms with Gasteiger partial charge in [0.05, 0.1) is 48.0 Å². The van der Waals surface area contributed by atoms with Crippen molar-refractivity contribution in [3.63, 3.8) is 0 Å². The van der Waals surface area contributed by atoms with E-state index in [0.717, 1.165) is 30.6 Å². The summed E-state index contributed by atoms with van der Waals surface area (Å²) in [5, 5.41) is 17.4. The molecule has 9 rings (SSSR count). The highest BCUT2D eigenvalue weighted by Gasteiger charge is 2.68. The van der Waals surface area contributed by atoms with E-state index in [1.54, 1.807) is 65.5 Å². The standard InChI is InChI=1S/C42H36BrClN4O7S/c1-19-26-16-22(44)8-13-32(26)56-37(19)29-18-33(46(3)45-29)48-39(51)28-17-27-24(11-12-25-34(27)40(52)47(38(25)50)23-9-6-21(43)7-10-23)35(42(28,2)41(48)53)20-14-30(54-4)36(49)31(15-20)55-5/h6-11,13-16,18,25,27-28,34-35,49H,12,17H2,1-5H3/t25-,27+,28-,34-,35-,42+/m0/s1. The van der Waals surface area contributed by atoms with Gasteiger partial charge in [-0.15, -0.1) is 11.3 Å². The number of methoxy groups -OCH3 is 2. The van der Waals surface area contributed by atoms with E-state index >= 15 is 4.79 Å². The van der Waals surface area contributed by atoms with Crippen molar-refractivity contribution in [2.45, 2.75) is 32.6 Å². The summed E-state index contributed by atoms with van der Waals surface area (Å²) in [6.07, 6.45) is 2.45. The van der Waals surface area contributed by atoms with Crippen LogP contribution in [0.1, 0.15) is 36.8 Å². The lowest BCUT2D eigenvalue weighted by Gasteiger charge is -2.49. The zero-order valence-electron chi connectivity index (χ0n) is 31.0. The molecule has 0 unspecified atom stereocenters. The molecule has 0 spiro atoms. The van der Waals surface area contributed by atoms with Gasteiger partial charge in [0.15, 0.2) is 11.5 Å². The fourth-order valence-corrected chi connectivity index (χ4v) is 11.3. The summed E-state index contributed by atoms with van der Waals surface area (Å²) in [6, 6.07) is 17.9. The number of allylic oxidation sites excluding steroid dienone is 2. The average Bonchev–Trinajstić information content (AvgIpc) is 3.85. The molecule has 14 heteroatoms. The number of hydrogen-bond donors (Lipinski definition) is 1. The maximum atomic E-state index is 15.2. The van der Waals surface area contributed by atoms with Gasteiger partial charge in [0, 0.05) is 33.2 Å². The summed E-state index contributed by atoms with van der Waals surface area (Å²) in [4.78, 5) is 62.1. The molecule has 2 saturated heterocycles. The fraction of sp³-hybridized carbons (Fsp3) is 0.310. The molecular formula is C42H36BrClN4O7S. The first-order valence-electron chi connectivity index (χ1n) is 18.2. The Bertz CT molecular complexity index is 2560. The lowest BCUT2D eigenvalue weighted by Crippen LogP contribution is -2.49. The molecule has 0 radical (unpaired) electrons. The van der Waals surface area contributed by atoms with Crippen LogP contribution in [-0.2, 0) is 26.2 Å². The van der Waals surface area contributed by atoms with Crippen LogP contribution in [0.3, 0.4) is 0 Å². The molecule has 1 saturated carbocycles. The van der Waals surface area contributed by atoms with Crippen LogP contribution < -0.4 is 19.3 Å². The van der Waals surface area contributed by atoms with Gasteiger partial charge < -0.3 is 14.6 Å². The third-order valence-corrected chi connectivity index (χ3v) is 14.5. The number of rotatable bonds is 6. The number of benzene rings is 3. The number of nitrogens with zero attached hydrogens (tertiary/aromatic N) is 4. The number of aromatic hydroxyl groups is 1. The summed E-state index contributed by atoms with van der Waals surface area (Å²) in [5.41, 5.74) is 2.12. The molecule has 6 atom stereocenters. The predicted octanol–water partition coefficient (Wildman–Crippen LogP) is 8.18.